The first-order valence-corrected chi connectivity index (χ1v) is 11.0. The van der Waals surface area contributed by atoms with Crippen LogP contribution in [0.25, 0.3) is 10.9 Å². The van der Waals surface area contributed by atoms with E-state index >= 15 is 0 Å². The van der Waals surface area contributed by atoms with Gasteiger partial charge in [0.1, 0.15) is 10.8 Å². The number of rotatable bonds is 5. The summed E-state index contributed by atoms with van der Waals surface area (Å²) < 4.78 is 33.3. The topological polar surface area (TPSA) is 60.3 Å². The molecule has 4 heterocycles. The Morgan fingerprint density at radius 1 is 1.27 bits per heavy atom. The molecule has 1 unspecified atom stereocenters. The van der Waals surface area contributed by atoms with E-state index in [1.165, 1.54) is 9.44 Å². The fraction of sp³-hybridized carbons (Fsp3) is 0.476. The Labute approximate surface area is 176 Å². The molecule has 0 radical (unpaired) electrons. The third-order valence-electron chi connectivity index (χ3n) is 5.75. The predicted molar refractivity (Wildman–Crippen MR) is 110 cm³/mol. The molecule has 1 atom stereocenters. The number of alkyl halides is 2. The smallest absolute Gasteiger partial charge is 0.261 e. The molecule has 0 amide bonds. The third-order valence-corrected chi connectivity index (χ3v) is 6.81. The van der Waals surface area contributed by atoms with E-state index in [0.29, 0.717) is 36.5 Å². The molecule has 2 aliphatic heterocycles. The first-order valence-electron chi connectivity index (χ1n) is 10.2. The van der Waals surface area contributed by atoms with Gasteiger partial charge in [-0.2, -0.15) is 0 Å². The van der Waals surface area contributed by atoms with Crippen molar-refractivity contribution in [2.45, 2.75) is 51.4 Å². The van der Waals surface area contributed by atoms with Crippen molar-refractivity contribution >= 4 is 22.2 Å². The fourth-order valence-corrected chi connectivity index (χ4v) is 5.46. The molecule has 158 valence electrons. The monoisotopic (exact) mass is 432 g/mol. The van der Waals surface area contributed by atoms with Crippen LogP contribution in [0.5, 0.6) is 0 Å². The molecule has 2 aliphatic rings. The average Bonchev–Trinajstić information content (AvgIpc) is 3.36. The van der Waals surface area contributed by atoms with E-state index in [2.05, 4.69) is 9.88 Å². The van der Waals surface area contributed by atoms with E-state index in [1.54, 1.807) is 29.5 Å². The molecule has 9 heteroatoms. The summed E-state index contributed by atoms with van der Waals surface area (Å²) in [6, 6.07) is 6.77. The number of likely N-dealkylation sites (tertiary alicyclic amines) is 1. The van der Waals surface area contributed by atoms with Gasteiger partial charge in [-0.3, -0.25) is 14.3 Å². The predicted octanol–water partition coefficient (Wildman–Crippen LogP) is 3.53. The lowest BCUT2D eigenvalue weighted by Crippen LogP contribution is -2.33. The maximum absolute atomic E-state index is 13.3. The van der Waals surface area contributed by atoms with Crippen LogP contribution in [0.2, 0.25) is 0 Å². The average molecular weight is 432 g/mol. The Kier molecular flexibility index (Phi) is 5.34. The van der Waals surface area contributed by atoms with Crippen molar-refractivity contribution in [1.29, 1.82) is 0 Å². The van der Waals surface area contributed by atoms with Crippen molar-refractivity contribution in [2.75, 3.05) is 13.2 Å². The van der Waals surface area contributed by atoms with Gasteiger partial charge in [-0.25, -0.2) is 18.7 Å². The first-order chi connectivity index (χ1) is 14.6. The van der Waals surface area contributed by atoms with Crippen LogP contribution in [-0.2, 0) is 30.9 Å². The molecule has 0 aliphatic carbocycles. The van der Waals surface area contributed by atoms with Crippen LogP contribution in [0.15, 0.2) is 29.1 Å². The lowest BCUT2D eigenvalue weighted by Gasteiger charge is -2.25. The number of ether oxygens (including phenoxy) is 1. The number of halogens is 2. The van der Waals surface area contributed by atoms with Gasteiger partial charge in [-0.05, 0) is 31.5 Å². The van der Waals surface area contributed by atoms with Crippen molar-refractivity contribution in [1.82, 2.24) is 19.4 Å². The molecule has 6 nitrogen and oxygen atoms in total. The second kappa shape index (κ2) is 8.13. The molecule has 0 N–H and O–H groups in total. The quantitative estimate of drug-likeness (QED) is 0.617. The zero-order valence-electron chi connectivity index (χ0n) is 16.4. The number of hydrogen-bond donors (Lipinski definition) is 0. The highest BCUT2D eigenvalue weighted by Crippen LogP contribution is 2.34. The molecule has 1 aromatic carbocycles. The maximum atomic E-state index is 13.3. The summed E-state index contributed by atoms with van der Waals surface area (Å²) in [5.41, 5.74) is 1.26. The number of hydrogen-bond acceptors (Lipinski definition) is 6. The standard InChI is InChI=1S/C21H22F2N4O2S/c22-18(23)10-27-20(25-14-5-2-1-4-13(14)21(27)28)16-6-3-8-26(16)11-19-24-15-7-9-29-12-17(15)30-19/h1-2,4-5,16,18H,3,6-12H2. The van der Waals surface area contributed by atoms with Gasteiger partial charge in [0.05, 0.1) is 53.8 Å². The highest BCUT2D eigenvalue weighted by Gasteiger charge is 2.32. The summed E-state index contributed by atoms with van der Waals surface area (Å²) >= 11 is 1.65. The van der Waals surface area contributed by atoms with Crippen LogP contribution in [0.1, 0.15) is 40.3 Å². The molecule has 1 saturated heterocycles. The molecule has 5 rings (SSSR count). The van der Waals surface area contributed by atoms with E-state index in [9.17, 15) is 13.6 Å². The summed E-state index contributed by atoms with van der Waals surface area (Å²) in [7, 11) is 0. The Morgan fingerprint density at radius 3 is 2.97 bits per heavy atom. The van der Waals surface area contributed by atoms with Crippen LogP contribution in [0.3, 0.4) is 0 Å². The molecule has 2 aromatic heterocycles. The summed E-state index contributed by atoms with van der Waals surface area (Å²) in [6.45, 7) is 2.11. The van der Waals surface area contributed by atoms with Gasteiger partial charge in [0.15, 0.2) is 0 Å². The maximum Gasteiger partial charge on any atom is 0.261 e. The number of thiazole rings is 1. The van der Waals surface area contributed by atoms with Gasteiger partial charge in [-0.1, -0.05) is 12.1 Å². The van der Waals surface area contributed by atoms with Crippen LogP contribution in [-0.4, -0.2) is 39.0 Å². The molecule has 0 bridgehead atoms. The summed E-state index contributed by atoms with van der Waals surface area (Å²) in [4.78, 5) is 25.8. The molecule has 30 heavy (non-hydrogen) atoms. The molecule has 3 aromatic rings. The zero-order chi connectivity index (χ0) is 20.7. The van der Waals surface area contributed by atoms with Crippen molar-refractivity contribution in [3.05, 3.63) is 56.0 Å². The van der Waals surface area contributed by atoms with E-state index in [-0.39, 0.29) is 6.04 Å². The minimum Gasteiger partial charge on any atom is -0.375 e. The molecular formula is C21H22F2N4O2S. The number of para-hydroxylation sites is 1. The Bertz CT molecular complexity index is 1110. The van der Waals surface area contributed by atoms with Crippen LogP contribution in [0.4, 0.5) is 8.78 Å². The van der Waals surface area contributed by atoms with E-state index in [4.69, 9.17) is 9.72 Å². The van der Waals surface area contributed by atoms with Crippen LogP contribution in [0, 0.1) is 0 Å². The normalized spacial score (nSPS) is 19.6. The van der Waals surface area contributed by atoms with E-state index < -0.39 is 18.5 Å². The molecule has 0 spiro atoms. The van der Waals surface area contributed by atoms with Gasteiger partial charge in [0.2, 0.25) is 0 Å². The highest BCUT2D eigenvalue weighted by molar-refractivity contribution is 7.11. The second-order valence-electron chi connectivity index (χ2n) is 7.70. The van der Waals surface area contributed by atoms with Crippen LogP contribution < -0.4 is 5.56 Å². The first kappa shape index (κ1) is 19.7. The van der Waals surface area contributed by atoms with Crippen LogP contribution >= 0.6 is 11.3 Å². The lowest BCUT2D eigenvalue weighted by molar-refractivity contribution is 0.112. The number of fused-ring (bicyclic) bond motifs is 2. The van der Waals surface area contributed by atoms with Crippen molar-refractivity contribution < 1.29 is 13.5 Å². The van der Waals surface area contributed by atoms with E-state index in [1.807, 2.05) is 6.07 Å². The Morgan fingerprint density at radius 2 is 2.13 bits per heavy atom. The van der Waals surface area contributed by atoms with Gasteiger partial charge in [0, 0.05) is 6.42 Å². The van der Waals surface area contributed by atoms with Gasteiger partial charge >= 0.3 is 0 Å². The second-order valence-corrected chi connectivity index (χ2v) is 8.87. The minimum absolute atomic E-state index is 0.182. The minimum atomic E-state index is -2.62. The third kappa shape index (κ3) is 3.66. The summed E-state index contributed by atoms with van der Waals surface area (Å²) in [5, 5.41) is 1.37. The number of benzene rings is 1. The lowest BCUT2D eigenvalue weighted by atomic mass is 10.1. The molecule has 0 saturated carbocycles. The van der Waals surface area contributed by atoms with Crippen molar-refractivity contribution in [3.8, 4) is 0 Å². The summed E-state index contributed by atoms with van der Waals surface area (Å²) in [5.74, 6) is 0.432. The molecular weight excluding hydrogens is 410 g/mol. The molecule has 1 fully saturated rings. The van der Waals surface area contributed by atoms with Gasteiger partial charge in [0.25, 0.3) is 12.0 Å². The number of nitrogens with zero attached hydrogens (tertiary/aromatic N) is 4. The van der Waals surface area contributed by atoms with Gasteiger partial charge in [-0.15, -0.1) is 11.3 Å². The van der Waals surface area contributed by atoms with Crippen molar-refractivity contribution in [2.24, 2.45) is 0 Å². The van der Waals surface area contributed by atoms with Gasteiger partial charge < -0.3 is 4.74 Å². The SMILES string of the molecule is O=c1c2ccccc2nc(C2CCCN2Cc2nc3c(s2)COCC3)n1CC(F)F. The zero-order valence-corrected chi connectivity index (χ0v) is 17.2. The Balaban J connectivity index is 1.51. The number of aromatic nitrogens is 3. The summed E-state index contributed by atoms with van der Waals surface area (Å²) in [6.07, 6.45) is -0.0848. The van der Waals surface area contributed by atoms with Crippen molar-refractivity contribution in [3.63, 3.8) is 0 Å². The highest BCUT2D eigenvalue weighted by atomic mass is 32.1. The fourth-order valence-electron chi connectivity index (χ4n) is 4.38. The Hall–Kier alpha value is -2.23. The van der Waals surface area contributed by atoms with E-state index in [0.717, 1.165) is 36.5 Å². The largest absolute Gasteiger partial charge is 0.375 e.